The third kappa shape index (κ3) is 2.04. The standard InChI is InChI=1S/C15H17NO2/c1-4-13-11(3)9-14(17)16(18)15(13)12-7-5-10(2)6-8-12/h5-9,18H,4H2,1-3H3. The SMILES string of the molecule is CCc1c(C)cc(=O)n(O)c1-c1ccc(C)cc1. The lowest BCUT2D eigenvalue weighted by molar-refractivity contribution is 0.179. The fourth-order valence-electron chi connectivity index (χ4n) is 2.21. The molecule has 0 unspecified atom stereocenters. The average Bonchev–Trinajstić information content (AvgIpc) is 2.35. The maximum absolute atomic E-state index is 11.7. The lowest BCUT2D eigenvalue weighted by Crippen LogP contribution is -2.21. The van der Waals surface area contributed by atoms with E-state index in [1.54, 1.807) is 0 Å². The largest absolute Gasteiger partial charge is 0.425 e. The Labute approximate surface area is 106 Å². The molecule has 2 aromatic rings. The summed E-state index contributed by atoms with van der Waals surface area (Å²) < 4.78 is 0.747. The summed E-state index contributed by atoms with van der Waals surface area (Å²) in [6.07, 6.45) is 0.774. The molecule has 1 aromatic heterocycles. The van der Waals surface area contributed by atoms with Crippen LogP contribution in [-0.4, -0.2) is 9.94 Å². The van der Waals surface area contributed by atoms with Gasteiger partial charge < -0.3 is 5.21 Å². The number of hydrogen-bond donors (Lipinski definition) is 1. The second kappa shape index (κ2) is 4.69. The Kier molecular flexibility index (Phi) is 3.24. The van der Waals surface area contributed by atoms with Gasteiger partial charge in [0.1, 0.15) is 0 Å². The van der Waals surface area contributed by atoms with Crippen LogP contribution in [0, 0.1) is 13.8 Å². The van der Waals surface area contributed by atoms with E-state index in [0.717, 1.165) is 33.4 Å². The first-order chi connectivity index (χ1) is 8.54. The van der Waals surface area contributed by atoms with Crippen molar-refractivity contribution in [3.63, 3.8) is 0 Å². The molecule has 0 aliphatic rings. The third-order valence-electron chi connectivity index (χ3n) is 3.20. The van der Waals surface area contributed by atoms with E-state index in [1.165, 1.54) is 6.07 Å². The van der Waals surface area contributed by atoms with Gasteiger partial charge in [0.15, 0.2) is 0 Å². The maximum Gasteiger partial charge on any atom is 0.283 e. The minimum absolute atomic E-state index is 0.389. The first kappa shape index (κ1) is 12.4. The van der Waals surface area contributed by atoms with Crippen molar-refractivity contribution in [3.8, 4) is 11.3 Å². The molecule has 2 rings (SSSR count). The molecule has 0 bridgehead atoms. The summed E-state index contributed by atoms with van der Waals surface area (Å²) >= 11 is 0. The van der Waals surface area contributed by atoms with E-state index >= 15 is 0 Å². The predicted molar refractivity (Wildman–Crippen MR) is 72.2 cm³/mol. The Morgan fingerprint density at radius 2 is 1.78 bits per heavy atom. The van der Waals surface area contributed by atoms with Crippen LogP contribution in [0.15, 0.2) is 35.1 Å². The molecule has 0 aliphatic carbocycles. The summed E-state index contributed by atoms with van der Waals surface area (Å²) in [6.45, 7) is 5.93. The van der Waals surface area contributed by atoms with Crippen LogP contribution in [0.1, 0.15) is 23.6 Å². The smallest absolute Gasteiger partial charge is 0.283 e. The lowest BCUT2D eigenvalue weighted by Gasteiger charge is -2.14. The topological polar surface area (TPSA) is 42.2 Å². The molecule has 94 valence electrons. The average molecular weight is 243 g/mol. The number of benzene rings is 1. The van der Waals surface area contributed by atoms with Gasteiger partial charge in [-0.15, -0.1) is 4.73 Å². The quantitative estimate of drug-likeness (QED) is 0.824. The number of nitrogens with zero attached hydrogens (tertiary/aromatic N) is 1. The molecule has 3 nitrogen and oxygen atoms in total. The summed E-state index contributed by atoms with van der Waals surface area (Å²) in [7, 11) is 0. The van der Waals surface area contributed by atoms with Crippen molar-refractivity contribution in [3.05, 3.63) is 57.4 Å². The molecule has 1 heterocycles. The number of aryl methyl sites for hydroxylation is 2. The molecule has 0 spiro atoms. The van der Waals surface area contributed by atoms with Crippen LogP contribution in [0.5, 0.6) is 0 Å². The zero-order valence-electron chi connectivity index (χ0n) is 10.9. The van der Waals surface area contributed by atoms with E-state index in [0.29, 0.717) is 5.69 Å². The van der Waals surface area contributed by atoms with E-state index in [-0.39, 0.29) is 5.56 Å². The molecule has 0 atom stereocenters. The van der Waals surface area contributed by atoms with Crippen molar-refractivity contribution >= 4 is 0 Å². The van der Waals surface area contributed by atoms with Gasteiger partial charge in [-0.3, -0.25) is 4.79 Å². The summed E-state index contributed by atoms with van der Waals surface area (Å²) in [4.78, 5) is 11.7. The summed E-state index contributed by atoms with van der Waals surface area (Å²) in [5.74, 6) is 0. The van der Waals surface area contributed by atoms with Crippen LogP contribution in [0.3, 0.4) is 0 Å². The second-order valence-corrected chi connectivity index (χ2v) is 4.52. The molecule has 0 radical (unpaired) electrons. The highest BCUT2D eigenvalue weighted by molar-refractivity contribution is 5.65. The Hall–Kier alpha value is -2.03. The Bertz CT molecular complexity index is 624. The van der Waals surface area contributed by atoms with E-state index in [1.807, 2.05) is 45.0 Å². The molecule has 18 heavy (non-hydrogen) atoms. The zero-order valence-corrected chi connectivity index (χ0v) is 10.9. The van der Waals surface area contributed by atoms with E-state index in [9.17, 15) is 10.0 Å². The van der Waals surface area contributed by atoms with E-state index in [4.69, 9.17) is 0 Å². The molecule has 0 saturated carbocycles. The molecule has 0 fully saturated rings. The molecule has 0 amide bonds. The van der Waals surface area contributed by atoms with Crippen molar-refractivity contribution in [2.24, 2.45) is 0 Å². The van der Waals surface area contributed by atoms with Crippen LogP contribution in [0.25, 0.3) is 11.3 Å². The fourth-order valence-corrected chi connectivity index (χ4v) is 2.21. The molecule has 0 saturated heterocycles. The molecule has 3 heteroatoms. The molecular formula is C15H17NO2. The molecule has 0 aliphatic heterocycles. The predicted octanol–water partition coefficient (Wildman–Crippen LogP) is 2.93. The van der Waals surface area contributed by atoms with Gasteiger partial charge in [-0.2, -0.15) is 0 Å². The van der Waals surface area contributed by atoms with Crippen LogP contribution >= 0.6 is 0 Å². The first-order valence-electron chi connectivity index (χ1n) is 6.06. The van der Waals surface area contributed by atoms with Gasteiger partial charge in [0.05, 0.1) is 5.69 Å². The van der Waals surface area contributed by atoms with Crippen molar-refractivity contribution in [1.29, 1.82) is 0 Å². The highest BCUT2D eigenvalue weighted by Crippen LogP contribution is 2.24. The lowest BCUT2D eigenvalue weighted by atomic mass is 9.99. The van der Waals surface area contributed by atoms with Gasteiger partial charge in [0.25, 0.3) is 5.56 Å². The minimum atomic E-state index is -0.389. The van der Waals surface area contributed by atoms with Gasteiger partial charge in [-0.05, 0) is 31.4 Å². The van der Waals surface area contributed by atoms with Crippen molar-refractivity contribution in [2.75, 3.05) is 0 Å². The Morgan fingerprint density at radius 3 is 2.33 bits per heavy atom. The van der Waals surface area contributed by atoms with Crippen LogP contribution in [0.4, 0.5) is 0 Å². The Balaban J connectivity index is 2.76. The highest BCUT2D eigenvalue weighted by atomic mass is 16.5. The molecule has 1 aromatic carbocycles. The third-order valence-corrected chi connectivity index (χ3v) is 3.20. The number of pyridine rings is 1. The molecular weight excluding hydrogens is 226 g/mol. The minimum Gasteiger partial charge on any atom is -0.425 e. The second-order valence-electron chi connectivity index (χ2n) is 4.52. The highest BCUT2D eigenvalue weighted by Gasteiger charge is 2.13. The van der Waals surface area contributed by atoms with Gasteiger partial charge >= 0.3 is 0 Å². The summed E-state index contributed by atoms with van der Waals surface area (Å²) in [6, 6.07) is 9.27. The summed E-state index contributed by atoms with van der Waals surface area (Å²) in [5, 5.41) is 9.96. The van der Waals surface area contributed by atoms with Crippen LogP contribution in [-0.2, 0) is 6.42 Å². The normalized spacial score (nSPS) is 10.6. The van der Waals surface area contributed by atoms with E-state index in [2.05, 4.69) is 0 Å². The van der Waals surface area contributed by atoms with Gasteiger partial charge in [0.2, 0.25) is 0 Å². The number of rotatable bonds is 2. The zero-order chi connectivity index (χ0) is 13.3. The monoisotopic (exact) mass is 243 g/mol. The van der Waals surface area contributed by atoms with Gasteiger partial charge in [-0.1, -0.05) is 36.8 Å². The summed E-state index contributed by atoms with van der Waals surface area (Å²) in [5.41, 5.74) is 4.14. The van der Waals surface area contributed by atoms with Crippen molar-refractivity contribution < 1.29 is 5.21 Å². The van der Waals surface area contributed by atoms with E-state index < -0.39 is 0 Å². The number of hydrogen-bond acceptors (Lipinski definition) is 2. The van der Waals surface area contributed by atoms with Gasteiger partial charge in [0, 0.05) is 11.6 Å². The van der Waals surface area contributed by atoms with Crippen LogP contribution in [0.2, 0.25) is 0 Å². The Morgan fingerprint density at radius 1 is 1.17 bits per heavy atom. The van der Waals surface area contributed by atoms with Crippen molar-refractivity contribution in [2.45, 2.75) is 27.2 Å². The molecule has 1 N–H and O–H groups in total. The van der Waals surface area contributed by atoms with Gasteiger partial charge in [-0.25, -0.2) is 0 Å². The van der Waals surface area contributed by atoms with Crippen LogP contribution < -0.4 is 5.56 Å². The number of aromatic nitrogens is 1. The first-order valence-corrected chi connectivity index (χ1v) is 6.06. The maximum atomic E-state index is 11.7. The fraction of sp³-hybridized carbons (Fsp3) is 0.267. The van der Waals surface area contributed by atoms with Crippen molar-refractivity contribution in [1.82, 2.24) is 4.73 Å².